The van der Waals surface area contributed by atoms with Crippen molar-refractivity contribution in [3.05, 3.63) is 39.8 Å². The van der Waals surface area contributed by atoms with E-state index in [0.29, 0.717) is 21.1 Å². The maximum absolute atomic E-state index is 12.0. The smallest absolute Gasteiger partial charge is 0.222 e. The molecule has 0 aliphatic heterocycles. The molecule has 0 saturated heterocycles. The first-order valence-electron chi connectivity index (χ1n) is 6.25. The Morgan fingerprint density at radius 3 is 2.78 bits per heavy atom. The molecule has 0 aliphatic carbocycles. The van der Waals surface area contributed by atoms with Gasteiger partial charge < -0.3 is 4.98 Å². The van der Waals surface area contributed by atoms with Gasteiger partial charge in [0.05, 0.1) is 27.4 Å². The van der Waals surface area contributed by atoms with Crippen molar-refractivity contribution in [1.29, 1.82) is 5.26 Å². The zero-order valence-corrected chi connectivity index (χ0v) is 14.8. The quantitative estimate of drug-likeness (QED) is 0.652. The molecule has 116 valence electrons. The Bertz CT molecular complexity index is 1090. The van der Waals surface area contributed by atoms with Gasteiger partial charge in [0.15, 0.2) is 9.84 Å². The van der Waals surface area contributed by atoms with Crippen LogP contribution in [0.1, 0.15) is 5.56 Å². The fourth-order valence-corrected chi connectivity index (χ4v) is 3.69. The number of nitrogens with one attached hydrogen (secondary N) is 1. The lowest BCUT2D eigenvalue weighted by Crippen LogP contribution is -2.03. The van der Waals surface area contributed by atoms with E-state index in [1.807, 2.05) is 0 Å². The predicted molar refractivity (Wildman–Crippen MR) is 89.9 cm³/mol. The Labute approximate surface area is 145 Å². The number of hydrogen-bond donors (Lipinski definition) is 1. The third-order valence-corrected chi connectivity index (χ3v) is 5.40. The van der Waals surface area contributed by atoms with Gasteiger partial charge >= 0.3 is 0 Å². The van der Waals surface area contributed by atoms with Gasteiger partial charge in [-0.25, -0.2) is 18.4 Å². The number of benzene rings is 1. The largest absolute Gasteiger partial charge is 0.360 e. The standard InChI is InChI=1S/C14H8BrClN4O2S/c1-23(21,22)10-6-19-14(16)20-12(10)9-5-18-13-8(9)3-2-7(4-17)11(13)15/h2-3,5-6,18H,1H3. The van der Waals surface area contributed by atoms with E-state index < -0.39 is 9.84 Å². The third kappa shape index (κ3) is 2.72. The summed E-state index contributed by atoms with van der Waals surface area (Å²) in [4.78, 5) is 10.9. The van der Waals surface area contributed by atoms with Crippen LogP contribution in [0.2, 0.25) is 5.28 Å². The molecule has 9 heteroatoms. The molecule has 23 heavy (non-hydrogen) atoms. The van der Waals surface area contributed by atoms with E-state index in [4.69, 9.17) is 16.9 Å². The van der Waals surface area contributed by atoms with E-state index >= 15 is 0 Å². The molecule has 0 unspecified atom stereocenters. The molecule has 6 nitrogen and oxygen atoms in total. The molecule has 0 amide bonds. The molecule has 0 radical (unpaired) electrons. The van der Waals surface area contributed by atoms with Crippen LogP contribution in [0.4, 0.5) is 0 Å². The molecule has 0 saturated carbocycles. The van der Waals surface area contributed by atoms with E-state index in [1.165, 1.54) is 6.20 Å². The van der Waals surface area contributed by atoms with Crippen LogP contribution >= 0.6 is 27.5 Å². The maximum atomic E-state index is 12.0. The monoisotopic (exact) mass is 410 g/mol. The summed E-state index contributed by atoms with van der Waals surface area (Å²) in [6.07, 6.45) is 3.91. The molecule has 0 fully saturated rings. The first-order chi connectivity index (χ1) is 10.8. The topological polar surface area (TPSA) is 99.5 Å². The minimum atomic E-state index is -3.53. The maximum Gasteiger partial charge on any atom is 0.222 e. The minimum Gasteiger partial charge on any atom is -0.360 e. The molecule has 0 spiro atoms. The summed E-state index contributed by atoms with van der Waals surface area (Å²) in [6, 6.07) is 5.45. The highest BCUT2D eigenvalue weighted by atomic mass is 79.9. The van der Waals surface area contributed by atoms with Crippen molar-refractivity contribution in [2.75, 3.05) is 6.26 Å². The van der Waals surface area contributed by atoms with E-state index in [0.717, 1.165) is 11.6 Å². The number of aromatic amines is 1. The average Bonchev–Trinajstić information content (AvgIpc) is 2.91. The zero-order valence-electron chi connectivity index (χ0n) is 11.6. The van der Waals surface area contributed by atoms with Gasteiger partial charge in [-0.3, -0.25) is 0 Å². The molecule has 0 aliphatic rings. The molecular formula is C14H8BrClN4O2S. The molecular weight excluding hydrogens is 404 g/mol. The van der Waals surface area contributed by atoms with Crippen LogP contribution in [-0.4, -0.2) is 29.6 Å². The fraction of sp³-hybridized carbons (Fsp3) is 0.0714. The number of nitrogens with zero attached hydrogens (tertiary/aromatic N) is 3. The van der Waals surface area contributed by atoms with Gasteiger partial charge in [0.2, 0.25) is 5.28 Å². The van der Waals surface area contributed by atoms with Crippen LogP contribution in [0.5, 0.6) is 0 Å². The summed E-state index contributed by atoms with van der Waals surface area (Å²) >= 11 is 9.20. The number of nitriles is 1. The van der Waals surface area contributed by atoms with Gasteiger partial charge in [-0.1, -0.05) is 6.07 Å². The van der Waals surface area contributed by atoms with Crippen LogP contribution < -0.4 is 0 Å². The molecule has 2 heterocycles. The average molecular weight is 412 g/mol. The van der Waals surface area contributed by atoms with Crippen molar-refractivity contribution < 1.29 is 8.42 Å². The Balaban J connectivity index is 2.37. The third-order valence-electron chi connectivity index (χ3n) is 3.29. The van der Waals surface area contributed by atoms with Crippen molar-refractivity contribution in [3.8, 4) is 17.3 Å². The predicted octanol–water partition coefficient (Wildman–Crippen LogP) is 3.32. The van der Waals surface area contributed by atoms with Crippen LogP contribution in [0.25, 0.3) is 22.2 Å². The van der Waals surface area contributed by atoms with Gasteiger partial charge in [-0.15, -0.1) is 0 Å². The summed E-state index contributed by atoms with van der Waals surface area (Å²) in [5.74, 6) is 0. The summed E-state index contributed by atoms with van der Waals surface area (Å²) in [6.45, 7) is 0. The lowest BCUT2D eigenvalue weighted by molar-refractivity contribution is 0.601. The highest BCUT2D eigenvalue weighted by molar-refractivity contribution is 9.10. The van der Waals surface area contributed by atoms with Crippen molar-refractivity contribution in [2.45, 2.75) is 4.90 Å². The lowest BCUT2D eigenvalue weighted by Gasteiger charge is -2.06. The molecule has 3 rings (SSSR count). The Kier molecular flexibility index (Phi) is 3.88. The highest BCUT2D eigenvalue weighted by Crippen LogP contribution is 2.36. The second kappa shape index (κ2) is 5.60. The van der Waals surface area contributed by atoms with Gasteiger partial charge in [-0.2, -0.15) is 5.26 Å². The Hall–Kier alpha value is -1.95. The second-order valence-corrected chi connectivity index (χ2v) is 7.90. The van der Waals surface area contributed by atoms with E-state index in [-0.39, 0.29) is 15.9 Å². The number of aromatic nitrogens is 3. The number of hydrogen-bond acceptors (Lipinski definition) is 5. The van der Waals surface area contributed by atoms with Crippen LogP contribution in [0.3, 0.4) is 0 Å². The van der Waals surface area contributed by atoms with Crippen LogP contribution in [0.15, 0.2) is 33.9 Å². The van der Waals surface area contributed by atoms with Crippen molar-refractivity contribution >= 4 is 48.3 Å². The molecule has 3 aromatic rings. The SMILES string of the molecule is CS(=O)(=O)c1cnc(Cl)nc1-c1c[nH]c2c(Br)c(C#N)ccc12. The molecule has 1 aromatic carbocycles. The summed E-state index contributed by atoms with van der Waals surface area (Å²) in [5, 5.41) is 9.75. The lowest BCUT2D eigenvalue weighted by atomic mass is 10.1. The summed E-state index contributed by atoms with van der Waals surface area (Å²) in [7, 11) is -3.53. The van der Waals surface area contributed by atoms with E-state index in [9.17, 15) is 8.42 Å². The highest BCUT2D eigenvalue weighted by Gasteiger charge is 2.21. The number of rotatable bonds is 2. The normalized spacial score (nSPS) is 11.6. The number of H-pyrrole nitrogens is 1. The van der Waals surface area contributed by atoms with Crippen molar-refractivity contribution in [1.82, 2.24) is 15.0 Å². The van der Waals surface area contributed by atoms with Crippen molar-refractivity contribution in [3.63, 3.8) is 0 Å². The molecule has 0 bridgehead atoms. The van der Waals surface area contributed by atoms with E-state index in [1.54, 1.807) is 18.3 Å². The fourth-order valence-electron chi connectivity index (χ4n) is 2.26. The summed E-state index contributed by atoms with van der Waals surface area (Å²) in [5.41, 5.74) is 1.92. The van der Waals surface area contributed by atoms with E-state index in [2.05, 4.69) is 37.0 Å². The first-order valence-corrected chi connectivity index (χ1v) is 9.32. The second-order valence-electron chi connectivity index (χ2n) is 4.79. The minimum absolute atomic E-state index is 0.0108. The molecule has 0 atom stereocenters. The Morgan fingerprint density at radius 2 is 2.13 bits per heavy atom. The zero-order chi connectivity index (χ0) is 16.8. The Morgan fingerprint density at radius 1 is 1.39 bits per heavy atom. The summed E-state index contributed by atoms with van der Waals surface area (Å²) < 4.78 is 24.6. The van der Waals surface area contributed by atoms with Crippen molar-refractivity contribution in [2.24, 2.45) is 0 Å². The van der Waals surface area contributed by atoms with Gasteiger partial charge in [0, 0.05) is 23.4 Å². The van der Waals surface area contributed by atoms with Gasteiger partial charge in [-0.05, 0) is 33.6 Å². The van der Waals surface area contributed by atoms with Gasteiger partial charge in [0.25, 0.3) is 0 Å². The molecule has 2 aromatic heterocycles. The van der Waals surface area contributed by atoms with Crippen LogP contribution in [0, 0.1) is 11.3 Å². The number of halogens is 2. The first kappa shape index (κ1) is 15.9. The van der Waals surface area contributed by atoms with Gasteiger partial charge in [0.1, 0.15) is 11.0 Å². The number of fused-ring (bicyclic) bond motifs is 1. The number of sulfone groups is 1. The van der Waals surface area contributed by atoms with Crippen LogP contribution in [-0.2, 0) is 9.84 Å². The molecule has 1 N–H and O–H groups in total.